The fourth-order valence-corrected chi connectivity index (χ4v) is 4.20. The van der Waals surface area contributed by atoms with E-state index >= 15 is 0 Å². The number of hydrogen-bond acceptors (Lipinski definition) is 5. The molecule has 164 valence electrons. The van der Waals surface area contributed by atoms with Crippen molar-refractivity contribution in [3.63, 3.8) is 0 Å². The molecule has 0 aromatic heterocycles. The second-order valence-electron chi connectivity index (χ2n) is 8.16. The fourth-order valence-electron chi connectivity index (χ4n) is 4.20. The van der Waals surface area contributed by atoms with Crippen LogP contribution in [0.5, 0.6) is 11.5 Å². The highest BCUT2D eigenvalue weighted by atomic mass is 16.6. The summed E-state index contributed by atoms with van der Waals surface area (Å²) in [7, 11) is 0. The zero-order valence-electron chi connectivity index (χ0n) is 18.0. The van der Waals surface area contributed by atoms with Crippen LogP contribution in [0, 0.1) is 11.3 Å². The van der Waals surface area contributed by atoms with E-state index in [1.165, 1.54) is 4.90 Å². The highest BCUT2D eigenvalue weighted by Gasteiger charge is 2.49. The van der Waals surface area contributed by atoms with Crippen molar-refractivity contribution in [1.29, 1.82) is 5.26 Å². The maximum atomic E-state index is 13.3. The van der Waals surface area contributed by atoms with E-state index in [2.05, 4.69) is 11.4 Å². The smallest absolute Gasteiger partial charge is 0.325 e. The summed E-state index contributed by atoms with van der Waals surface area (Å²) in [4.78, 5) is 27.3. The predicted octanol–water partition coefficient (Wildman–Crippen LogP) is 3.96. The molecule has 0 spiro atoms. The van der Waals surface area contributed by atoms with E-state index in [0.29, 0.717) is 35.8 Å². The van der Waals surface area contributed by atoms with E-state index in [0.717, 1.165) is 16.7 Å². The Morgan fingerprint density at radius 1 is 1.00 bits per heavy atom. The Bertz CT molecular complexity index is 1300. The molecule has 0 aliphatic carbocycles. The zero-order chi connectivity index (χ0) is 23.0. The maximum Gasteiger partial charge on any atom is 0.325 e. The first kappa shape index (κ1) is 20.6. The second kappa shape index (κ2) is 7.99. The monoisotopic (exact) mass is 439 g/mol. The Morgan fingerprint density at radius 3 is 2.48 bits per heavy atom. The summed E-state index contributed by atoms with van der Waals surface area (Å²) < 4.78 is 11.2. The van der Waals surface area contributed by atoms with Crippen LogP contribution in [0.25, 0.3) is 11.1 Å². The normalized spacial score (nSPS) is 19.2. The van der Waals surface area contributed by atoms with Crippen LogP contribution in [0.2, 0.25) is 0 Å². The molecule has 1 atom stereocenters. The third-order valence-electron chi connectivity index (χ3n) is 6.05. The molecular formula is C26H21N3O4. The topological polar surface area (TPSA) is 91.7 Å². The SMILES string of the molecule is C[C@]1(c2ccc3c(c2)OCCO3)NC(=O)N(Cc2ccc(-c3ccccc3C#N)cc2)C1=O. The van der Waals surface area contributed by atoms with Crippen LogP contribution in [0.15, 0.2) is 66.7 Å². The lowest BCUT2D eigenvalue weighted by Crippen LogP contribution is -2.41. The molecule has 0 radical (unpaired) electrons. The summed E-state index contributed by atoms with van der Waals surface area (Å²) in [6, 6.07) is 21.9. The van der Waals surface area contributed by atoms with Gasteiger partial charge in [0.05, 0.1) is 18.2 Å². The van der Waals surface area contributed by atoms with Crippen LogP contribution in [-0.4, -0.2) is 30.1 Å². The Kier molecular flexibility index (Phi) is 4.98. The molecule has 2 heterocycles. The average molecular weight is 439 g/mol. The van der Waals surface area contributed by atoms with E-state index in [1.807, 2.05) is 42.5 Å². The van der Waals surface area contributed by atoms with Gasteiger partial charge in [0.2, 0.25) is 0 Å². The molecule has 3 aromatic carbocycles. The predicted molar refractivity (Wildman–Crippen MR) is 120 cm³/mol. The van der Waals surface area contributed by atoms with Crippen LogP contribution in [-0.2, 0) is 16.9 Å². The van der Waals surface area contributed by atoms with Gasteiger partial charge in [-0.2, -0.15) is 5.26 Å². The second-order valence-corrected chi connectivity index (χ2v) is 8.16. The molecule has 1 fully saturated rings. The first-order chi connectivity index (χ1) is 16.0. The molecule has 3 aromatic rings. The first-order valence-electron chi connectivity index (χ1n) is 10.6. The van der Waals surface area contributed by atoms with Gasteiger partial charge < -0.3 is 14.8 Å². The number of urea groups is 1. The number of ether oxygens (including phenoxy) is 2. The minimum absolute atomic E-state index is 0.144. The van der Waals surface area contributed by atoms with Gasteiger partial charge in [0.1, 0.15) is 18.8 Å². The number of benzene rings is 3. The Labute approximate surface area is 191 Å². The van der Waals surface area contributed by atoms with Gasteiger partial charge >= 0.3 is 6.03 Å². The van der Waals surface area contributed by atoms with Crippen LogP contribution < -0.4 is 14.8 Å². The maximum absolute atomic E-state index is 13.3. The minimum atomic E-state index is -1.20. The summed E-state index contributed by atoms with van der Waals surface area (Å²) in [5.74, 6) is 0.858. The van der Waals surface area contributed by atoms with Crippen LogP contribution in [0.3, 0.4) is 0 Å². The van der Waals surface area contributed by atoms with Crippen molar-refractivity contribution in [3.05, 3.63) is 83.4 Å². The standard InChI is InChI=1S/C26H21N3O4/c1-26(20-10-11-22-23(14-20)33-13-12-32-22)24(30)29(25(31)28-26)16-17-6-8-18(9-7-17)21-5-3-2-4-19(21)15-27/h2-11,14H,12-13,16H2,1H3,(H,28,31)/t26-/m1/s1. The highest BCUT2D eigenvalue weighted by Crippen LogP contribution is 2.37. The lowest BCUT2D eigenvalue weighted by atomic mass is 9.91. The van der Waals surface area contributed by atoms with Crippen molar-refractivity contribution in [1.82, 2.24) is 10.2 Å². The molecule has 0 saturated carbocycles. The number of carbonyl (C=O) groups excluding carboxylic acids is 2. The van der Waals surface area contributed by atoms with Gasteiger partial charge in [0.15, 0.2) is 11.5 Å². The number of nitrogens with one attached hydrogen (secondary N) is 1. The lowest BCUT2D eigenvalue weighted by molar-refractivity contribution is -0.131. The van der Waals surface area contributed by atoms with Crippen molar-refractivity contribution in [2.45, 2.75) is 19.0 Å². The zero-order valence-corrected chi connectivity index (χ0v) is 18.0. The quantitative estimate of drug-likeness (QED) is 0.621. The molecule has 7 nitrogen and oxygen atoms in total. The fraction of sp³-hybridized carbons (Fsp3) is 0.192. The van der Waals surface area contributed by atoms with Gasteiger partial charge in [-0.25, -0.2) is 4.79 Å². The highest BCUT2D eigenvalue weighted by molar-refractivity contribution is 6.07. The number of amides is 3. The number of nitrogens with zero attached hydrogens (tertiary/aromatic N) is 2. The van der Waals surface area contributed by atoms with Gasteiger partial charge in [-0.3, -0.25) is 9.69 Å². The molecule has 33 heavy (non-hydrogen) atoms. The third kappa shape index (κ3) is 3.56. The van der Waals surface area contributed by atoms with E-state index in [1.54, 1.807) is 31.2 Å². The number of rotatable bonds is 4. The van der Waals surface area contributed by atoms with E-state index in [9.17, 15) is 14.9 Å². The average Bonchev–Trinajstić information content (AvgIpc) is 3.08. The molecule has 1 N–H and O–H groups in total. The van der Waals surface area contributed by atoms with Crippen LogP contribution >= 0.6 is 0 Å². The largest absolute Gasteiger partial charge is 0.486 e. The number of nitriles is 1. The van der Waals surface area contributed by atoms with Crippen molar-refractivity contribution < 1.29 is 19.1 Å². The Morgan fingerprint density at radius 2 is 1.73 bits per heavy atom. The minimum Gasteiger partial charge on any atom is -0.486 e. The number of carbonyl (C=O) groups is 2. The first-order valence-corrected chi connectivity index (χ1v) is 10.6. The van der Waals surface area contributed by atoms with Crippen molar-refractivity contribution in [2.24, 2.45) is 0 Å². The molecular weight excluding hydrogens is 418 g/mol. The van der Waals surface area contributed by atoms with Crippen molar-refractivity contribution >= 4 is 11.9 Å². The van der Waals surface area contributed by atoms with E-state index in [4.69, 9.17) is 9.47 Å². The summed E-state index contributed by atoms with van der Waals surface area (Å²) >= 11 is 0. The number of hydrogen-bond donors (Lipinski definition) is 1. The summed E-state index contributed by atoms with van der Waals surface area (Å²) in [5.41, 5.74) is 2.58. The van der Waals surface area contributed by atoms with Crippen LogP contribution in [0.1, 0.15) is 23.6 Å². The summed E-state index contributed by atoms with van der Waals surface area (Å²) in [6.07, 6.45) is 0. The van der Waals surface area contributed by atoms with Gasteiger partial charge in [-0.15, -0.1) is 0 Å². The van der Waals surface area contributed by atoms with Gasteiger partial charge in [0.25, 0.3) is 5.91 Å². The number of fused-ring (bicyclic) bond motifs is 1. The van der Waals surface area contributed by atoms with Crippen molar-refractivity contribution in [2.75, 3.05) is 13.2 Å². The van der Waals surface area contributed by atoms with Gasteiger partial charge in [-0.05, 0) is 47.4 Å². The number of imide groups is 1. The lowest BCUT2D eigenvalue weighted by Gasteiger charge is -2.25. The molecule has 2 aliphatic rings. The Hall–Kier alpha value is -4.31. The molecule has 7 heteroatoms. The molecule has 5 rings (SSSR count). The van der Waals surface area contributed by atoms with E-state index < -0.39 is 11.6 Å². The van der Waals surface area contributed by atoms with Gasteiger partial charge in [-0.1, -0.05) is 48.5 Å². The molecule has 0 unspecified atom stereocenters. The van der Waals surface area contributed by atoms with E-state index in [-0.39, 0.29) is 12.5 Å². The molecule has 2 aliphatic heterocycles. The van der Waals surface area contributed by atoms with Gasteiger partial charge in [0, 0.05) is 0 Å². The van der Waals surface area contributed by atoms with Crippen LogP contribution in [0.4, 0.5) is 4.79 Å². The molecule has 1 saturated heterocycles. The van der Waals surface area contributed by atoms with Crippen molar-refractivity contribution in [3.8, 4) is 28.7 Å². The molecule has 3 amide bonds. The third-order valence-corrected chi connectivity index (χ3v) is 6.05. The summed E-state index contributed by atoms with van der Waals surface area (Å²) in [6.45, 7) is 2.76. The summed E-state index contributed by atoms with van der Waals surface area (Å²) in [5, 5.41) is 12.2. The molecule has 0 bridgehead atoms. The Balaban J connectivity index is 1.37.